The van der Waals surface area contributed by atoms with Gasteiger partial charge in [0.25, 0.3) is 0 Å². The zero-order valence-corrected chi connectivity index (χ0v) is 12.9. The van der Waals surface area contributed by atoms with Gasteiger partial charge in [0.15, 0.2) is 0 Å². The molecule has 0 spiro atoms. The largest absolute Gasteiger partial charge is 0.478 e. The van der Waals surface area contributed by atoms with E-state index in [2.05, 4.69) is 4.98 Å². The molecule has 21 heavy (non-hydrogen) atoms. The Kier molecular flexibility index (Phi) is 5.61. The van der Waals surface area contributed by atoms with Crippen LogP contribution in [0.25, 0.3) is 0 Å². The average molecular weight is 308 g/mol. The summed E-state index contributed by atoms with van der Waals surface area (Å²) in [7, 11) is 0. The van der Waals surface area contributed by atoms with Crippen LogP contribution in [-0.2, 0) is 4.79 Å². The lowest BCUT2D eigenvalue weighted by Crippen LogP contribution is -2.37. The molecule has 0 saturated carbocycles. The number of hydrogen-bond donors (Lipinski definition) is 1. The standard InChI is InChI=1S/C15H20N2O3S/c1-11(14(18)17-8-4-2-3-5-9-17)21-13-7-6-12(10-16-13)15(19)20/h6-7,10-11H,2-5,8-9H2,1H3,(H,19,20). The van der Waals surface area contributed by atoms with Crippen LogP contribution in [0, 0.1) is 0 Å². The number of carbonyl (C=O) groups excluding carboxylic acids is 1. The van der Waals surface area contributed by atoms with Crippen LogP contribution in [0.3, 0.4) is 0 Å². The topological polar surface area (TPSA) is 70.5 Å². The van der Waals surface area contributed by atoms with E-state index in [-0.39, 0.29) is 16.7 Å². The predicted octanol–water partition coefficient (Wildman–Crippen LogP) is 2.66. The van der Waals surface area contributed by atoms with E-state index in [9.17, 15) is 9.59 Å². The highest BCUT2D eigenvalue weighted by Gasteiger charge is 2.22. The molecule has 6 heteroatoms. The lowest BCUT2D eigenvalue weighted by molar-refractivity contribution is -0.130. The Bertz CT molecular complexity index is 496. The van der Waals surface area contributed by atoms with Crippen molar-refractivity contribution in [2.24, 2.45) is 0 Å². The van der Waals surface area contributed by atoms with Crippen molar-refractivity contribution < 1.29 is 14.7 Å². The Hall–Kier alpha value is -1.56. The summed E-state index contributed by atoms with van der Waals surface area (Å²) >= 11 is 1.38. The van der Waals surface area contributed by atoms with Gasteiger partial charge in [-0.25, -0.2) is 9.78 Å². The summed E-state index contributed by atoms with van der Waals surface area (Å²) in [6, 6.07) is 3.17. The number of amides is 1. The fourth-order valence-corrected chi connectivity index (χ4v) is 3.23. The number of carbonyl (C=O) groups is 2. The first-order chi connectivity index (χ1) is 10.1. The molecule has 0 bridgehead atoms. The van der Waals surface area contributed by atoms with Gasteiger partial charge in [0, 0.05) is 19.3 Å². The van der Waals surface area contributed by atoms with Crippen molar-refractivity contribution in [1.29, 1.82) is 0 Å². The summed E-state index contributed by atoms with van der Waals surface area (Å²) in [6.07, 6.45) is 5.88. The van der Waals surface area contributed by atoms with Crippen molar-refractivity contribution in [2.45, 2.75) is 42.9 Å². The number of carboxylic acids is 1. The quantitative estimate of drug-likeness (QED) is 0.866. The minimum absolute atomic E-state index is 0.144. The van der Waals surface area contributed by atoms with Crippen LogP contribution in [0.2, 0.25) is 0 Å². The number of likely N-dealkylation sites (tertiary alicyclic amines) is 1. The summed E-state index contributed by atoms with van der Waals surface area (Å²) < 4.78 is 0. The van der Waals surface area contributed by atoms with Gasteiger partial charge in [0.05, 0.1) is 15.8 Å². The maximum atomic E-state index is 12.4. The highest BCUT2D eigenvalue weighted by molar-refractivity contribution is 8.00. The lowest BCUT2D eigenvalue weighted by atomic mass is 10.2. The molecule has 1 aromatic heterocycles. The maximum Gasteiger partial charge on any atom is 0.337 e. The third-order valence-electron chi connectivity index (χ3n) is 3.55. The summed E-state index contributed by atoms with van der Waals surface area (Å²) in [5.74, 6) is -0.848. The van der Waals surface area contributed by atoms with Crippen molar-refractivity contribution in [3.63, 3.8) is 0 Å². The molecule has 1 aliphatic rings. The molecule has 0 aliphatic carbocycles. The normalized spacial score (nSPS) is 17.1. The molecule has 1 saturated heterocycles. The molecule has 0 aromatic carbocycles. The number of carboxylic acid groups (broad SMARTS) is 1. The van der Waals surface area contributed by atoms with Crippen LogP contribution in [0.15, 0.2) is 23.4 Å². The molecular formula is C15H20N2O3S. The summed E-state index contributed by atoms with van der Waals surface area (Å²) in [6.45, 7) is 3.56. The first kappa shape index (κ1) is 15.8. The molecule has 114 valence electrons. The Morgan fingerprint density at radius 3 is 2.43 bits per heavy atom. The number of aromatic nitrogens is 1. The molecule has 1 aromatic rings. The third kappa shape index (κ3) is 4.46. The second kappa shape index (κ2) is 7.45. The van der Waals surface area contributed by atoms with Gasteiger partial charge in [-0.1, -0.05) is 24.6 Å². The first-order valence-electron chi connectivity index (χ1n) is 7.22. The lowest BCUT2D eigenvalue weighted by Gasteiger charge is -2.23. The van der Waals surface area contributed by atoms with Crippen molar-refractivity contribution >= 4 is 23.6 Å². The van der Waals surface area contributed by atoms with Crippen LogP contribution < -0.4 is 0 Å². The van der Waals surface area contributed by atoms with Crippen molar-refractivity contribution in [1.82, 2.24) is 9.88 Å². The summed E-state index contributed by atoms with van der Waals surface area (Å²) in [5.41, 5.74) is 0.158. The highest BCUT2D eigenvalue weighted by Crippen LogP contribution is 2.23. The molecule has 1 amide bonds. The number of pyridine rings is 1. The maximum absolute atomic E-state index is 12.4. The van der Waals surface area contributed by atoms with Gasteiger partial charge in [-0.15, -0.1) is 0 Å². The van der Waals surface area contributed by atoms with E-state index in [1.54, 1.807) is 6.07 Å². The molecule has 2 rings (SSSR count). The monoisotopic (exact) mass is 308 g/mol. The zero-order chi connectivity index (χ0) is 15.2. The Labute approximate surface area is 128 Å². The van der Waals surface area contributed by atoms with E-state index in [1.165, 1.54) is 36.9 Å². The minimum atomic E-state index is -0.993. The fraction of sp³-hybridized carbons (Fsp3) is 0.533. The van der Waals surface area contributed by atoms with E-state index >= 15 is 0 Å². The van der Waals surface area contributed by atoms with Gasteiger partial charge < -0.3 is 10.0 Å². The fourth-order valence-electron chi connectivity index (χ4n) is 2.36. The van der Waals surface area contributed by atoms with Gasteiger partial charge in [0.2, 0.25) is 5.91 Å². The molecule has 2 heterocycles. The molecular weight excluding hydrogens is 288 g/mol. The number of hydrogen-bond acceptors (Lipinski definition) is 4. The van der Waals surface area contributed by atoms with Crippen molar-refractivity contribution in [2.75, 3.05) is 13.1 Å². The van der Waals surface area contributed by atoms with E-state index in [0.717, 1.165) is 25.9 Å². The number of rotatable bonds is 4. The Balaban J connectivity index is 1.94. The second-order valence-corrected chi connectivity index (χ2v) is 6.55. The van der Waals surface area contributed by atoms with E-state index in [1.807, 2.05) is 11.8 Å². The second-order valence-electron chi connectivity index (χ2n) is 5.19. The SMILES string of the molecule is CC(Sc1ccc(C(=O)O)cn1)C(=O)N1CCCCCC1. The Morgan fingerprint density at radius 2 is 1.90 bits per heavy atom. The molecule has 1 N–H and O–H groups in total. The van der Waals surface area contributed by atoms with Crippen LogP contribution >= 0.6 is 11.8 Å². The van der Waals surface area contributed by atoms with Crippen LogP contribution in [0.4, 0.5) is 0 Å². The van der Waals surface area contributed by atoms with E-state index in [4.69, 9.17) is 5.11 Å². The smallest absolute Gasteiger partial charge is 0.337 e. The Morgan fingerprint density at radius 1 is 1.24 bits per heavy atom. The molecule has 1 aliphatic heterocycles. The van der Waals surface area contributed by atoms with E-state index < -0.39 is 5.97 Å². The zero-order valence-electron chi connectivity index (χ0n) is 12.1. The first-order valence-corrected chi connectivity index (χ1v) is 8.10. The predicted molar refractivity (Wildman–Crippen MR) is 81.6 cm³/mol. The van der Waals surface area contributed by atoms with Gasteiger partial charge in [-0.3, -0.25) is 4.79 Å². The molecule has 1 unspecified atom stereocenters. The summed E-state index contributed by atoms with van der Waals surface area (Å²) in [5, 5.41) is 9.31. The molecule has 1 fully saturated rings. The van der Waals surface area contributed by atoms with Gasteiger partial charge in [-0.2, -0.15) is 0 Å². The summed E-state index contributed by atoms with van der Waals surface area (Å²) in [4.78, 5) is 29.2. The van der Waals surface area contributed by atoms with Crippen LogP contribution in [0.5, 0.6) is 0 Å². The van der Waals surface area contributed by atoms with E-state index in [0.29, 0.717) is 5.03 Å². The average Bonchev–Trinajstić information content (AvgIpc) is 2.76. The van der Waals surface area contributed by atoms with Gasteiger partial charge in [-0.05, 0) is 31.9 Å². The highest BCUT2D eigenvalue weighted by atomic mass is 32.2. The van der Waals surface area contributed by atoms with Crippen LogP contribution in [-0.4, -0.2) is 45.2 Å². The molecule has 1 atom stereocenters. The number of thioether (sulfide) groups is 1. The van der Waals surface area contributed by atoms with Gasteiger partial charge >= 0.3 is 5.97 Å². The third-order valence-corrected chi connectivity index (χ3v) is 4.58. The van der Waals surface area contributed by atoms with Crippen molar-refractivity contribution in [3.8, 4) is 0 Å². The molecule has 0 radical (unpaired) electrons. The van der Waals surface area contributed by atoms with Crippen molar-refractivity contribution in [3.05, 3.63) is 23.9 Å². The number of aromatic carboxylic acids is 1. The number of nitrogens with zero attached hydrogens (tertiary/aromatic N) is 2. The molecule has 5 nitrogen and oxygen atoms in total. The van der Waals surface area contributed by atoms with Crippen LogP contribution in [0.1, 0.15) is 43.0 Å². The van der Waals surface area contributed by atoms with Gasteiger partial charge in [0.1, 0.15) is 0 Å². The minimum Gasteiger partial charge on any atom is -0.478 e.